The Morgan fingerprint density at radius 1 is 0.389 bits per heavy atom. The Hall–Kier alpha value is 0.240. The molecule has 0 spiro atoms. The first-order chi connectivity index (χ1) is 7.50. The van der Waals surface area contributed by atoms with Crippen LogP contribution in [0.2, 0.25) is 0 Å². The highest BCUT2D eigenvalue weighted by molar-refractivity contribution is 6.36. The third kappa shape index (κ3) is 1.28. The lowest BCUT2D eigenvalue weighted by molar-refractivity contribution is -0.383. The minimum absolute atomic E-state index is 3.96. The lowest BCUT2D eigenvalue weighted by Crippen LogP contribution is -2.81. The van der Waals surface area contributed by atoms with Crippen molar-refractivity contribution < 1.29 is 39.5 Å². The molecular formula is C6Cl3F9. The van der Waals surface area contributed by atoms with Gasteiger partial charge in [-0.1, -0.05) is 34.8 Å². The van der Waals surface area contributed by atoms with Crippen molar-refractivity contribution in [3.8, 4) is 0 Å². The average Bonchev–Trinajstić information content (AvgIpc) is 2.14. The first-order valence-electron chi connectivity index (χ1n) is 3.77. The Kier molecular flexibility index (Phi) is 3.13. The molecule has 0 N–H and O–H groups in total. The third-order valence-corrected chi connectivity index (χ3v) is 3.93. The van der Waals surface area contributed by atoms with Crippen LogP contribution in [-0.2, 0) is 0 Å². The van der Waals surface area contributed by atoms with Crippen molar-refractivity contribution >= 4 is 34.8 Å². The van der Waals surface area contributed by atoms with Crippen molar-refractivity contribution in [3.05, 3.63) is 0 Å². The minimum atomic E-state index is -6.52. The fourth-order valence-electron chi connectivity index (χ4n) is 1.18. The standard InChI is InChI=1S/C6Cl3F9/c7-1(10)2(8,11)5(15,16)6(17,18)3(9,12)4(1,13)14/t1-,2-,3-/m0/s1. The van der Waals surface area contributed by atoms with Crippen LogP contribution in [0.5, 0.6) is 0 Å². The van der Waals surface area contributed by atoms with Crippen molar-refractivity contribution in [2.75, 3.05) is 0 Å². The number of hydrogen-bond acceptors (Lipinski definition) is 0. The van der Waals surface area contributed by atoms with E-state index < -0.39 is 33.2 Å². The molecule has 1 fully saturated rings. The highest BCUT2D eigenvalue weighted by atomic mass is 35.5. The van der Waals surface area contributed by atoms with E-state index in [9.17, 15) is 39.5 Å². The van der Waals surface area contributed by atoms with Crippen molar-refractivity contribution in [1.29, 1.82) is 0 Å². The molecule has 0 saturated heterocycles. The van der Waals surface area contributed by atoms with Gasteiger partial charge in [0.25, 0.3) is 0 Å². The minimum Gasteiger partial charge on any atom is -0.214 e. The van der Waals surface area contributed by atoms with Crippen LogP contribution in [0.4, 0.5) is 39.5 Å². The van der Waals surface area contributed by atoms with Gasteiger partial charge in [0.2, 0.25) is 0 Å². The van der Waals surface area contributed by atoms with Crippen LogP contribution >= 0.6 is 34.8 Å². The Morgan fingerprint density at radius 2 is 0.611 bits per heavy atom. The summed E-state index contributed by atoms with van der Waals surface area (Å²) in [5, 5.41) is -17.5. The Bertz CT molecular complexity index is 257. The van der Waals surface area contributed by atoms with E-state index in [0.29, 0.717) is 0 Å². The quantitative estimate of drug-likeness (QED) is 0.442. The Balaban J connectivity index is 3.72. The van der Waals surface area contributed by atoms with Crippen LogP contribution in [0.15, 0.2) is 0 Å². The van der Waals surface area contributed by atoms with Crippen molar-refractivity contribution in [2.45, 2.75) is 33.2 Å². The maximum Gasteiger partial charge on any atom is 0.368 e. The summed E-state index contributed by atoms with van der Waals surface area (Å²) in [6.45, 7) is 0. The summed E-state index contributed by atoms with van der Waals surface area (Å²) in [7, 11) is 0. The Labute approximate surface area is 108 Å². The van der Waals surface area contributed by atoms with Crippen LogP contribution in [0.1, 0.15) is 0 Å². The van der Waals surface area contributed by atoms with Gasteiger partial charge < -0.3 is 0 Å². The summed E-state index contributed by atoms with van der Waals surface area (Å²) in [5.41, 5.74) is 0. The molecular weight excluding hydrogens is 349 g/mol. The van der Waals surface area contributed by atoms with Gasteiger partial charge in [-0.05, 0) is 0 Å². The van der Waals surface area contributed by atoms with Crippen LogP contribution in [0.3, 0.4) is 0 Å². The predicted octanol–water partition coefficient (Wildman–Crippen LogP) is 4.62. The highest BCUT2D eigenvalue weighted by Crippen LogP contribution is 2.71. The van der Waals surface area contributed by atoms with E-state index in [1.165, 1.54) is 0 Å². The molecule has 0 nitrogen and oxygen atoms in total. The third-order valence-electron chi connectivity index (χ3n) is 2.37. The largest absolute Gasteiger partial charge is 0.368 e. The lowest BCUT2D eigenvalue weighted by atomic mass is 9.83. The topological polar surface area (TPSA) is 0 Å². The Morgan fingerprint density at radius 3 is 0.944 bits per heavy atom. The van der Waals surface area contributed by atoms with Crippen LogP contribution in [-0.4, -0.2) is 33.2 Å². The first kappa shape index (κ1) is 16.3. The summed E-state index contributed by atoms with van der Waals surface area (Å²) in [4.78, 5) is 0. The van der Waals surface area contributed by atoms with Gasteiger partial charge in [-0.15, -0.1) is 0 Å². The van der Waals surface area contributed by atoms with E-state index in [1.807, 2.05) is 0 Å². The highest BCUT2D eigenvalue weighted by Gasteiger charge is 2.98. The fourth-order valence-corrected chi connectivity index (χ4v) is 1.97. The molecule has 1 saturated carbocycles. The molecule has 1 rings (SSSR count). The number of hydrogen-bond donors (Lipinski definition) is 0. The number of alkyl halides is 12. The van der Waals surface area contributed by atoms with Gasteiger partial charge in [0.15, 0.2) is 0 Å². The van der Waals surface area contributed by atoms with Gasteiger partial charge in [0.05, 0.1) is 0 Å². The van der Waals surface area contributed by atoms with Gasteiger partial charge in [0.1, 0.15) is 0 Å². The van der Waals surface area contributed by atoms with Gasteiger partial charge in [-0.3, -0.25) is 0 Å². The molecule has 0 heterocycles. The van der Waals surface area contributed by atoms with Gasteiger partial charge in [0, 0.05) is 0 Å². The molecule has 0 aromatic carbocycles. The molecule has 12 heteroatoms. The van der Waals surface area contributed by atoms with Gasteiger partial charge in [-0.25, -0.2) is 13.2 Å². The summed E-state index contributed by atoms with van der Waals surface area (Å²) < 4.78 is 116. The molecule has 0 radical (unpaired) electrons. The zero-order valence-corrected chi connectivity index (χ0v) is 9.80. The van der Waals surface area contributed by atoms with E-state index >= 15 is 0 Å². The van der Waals surface area contributed by atoms with Crippen LogP contribution in [0.25, 0.3) is 0 Å². The SMILES string of the molecule is FC1(F)C(F)(F)[C@](F)(Cl)[C@@](F)(Cl)C(F)(F)[C@@]1(F)Cl. The zero-order chi connectivity index (χ0) is 15.0. The van der Waals surface area contributed by atoms with Gasteiger partial charge in [-0.2, -0.15) is 26.3 Å². The molecule has 0 aromatic heterocycles. The second-order valence-electron chi connectivity index (χ2n) is 3.45. The van der Waals surface area contributed by atoms with Crippen molar-refractivity contribution in [3.63, 3.8) is 0 Å². The second kappa shape index (κ2) is 3.46. The molecule has 0 unspecified atom stereocenters. The second-order valence-corrected chi connectivity index (χ2v) is 5.01. The van der Waals surface area contributed by atoms with E-state index in [4.69, 9.17) is 0 Å². The maximum atomic E-state index is 13.1. The zero-order valence-electron chi connectivity index (χ0n) is 7.54. The summed E-state index contributed by atoms with van der Waals surface area (Å²) in [6.07, 6.45) is 0. The van der Waals surface area contributed by atoms with E-state index in [-0.39, 0.29) is 0 Å². The van der Waals surface area contributed by atoms with E-state index in [1.54, 1.807) is 0 Å². The molecule has 3 atom stereocenters. The maximum absolute atomic E-state index is 13.1. The van der Waals surface area contributed by atoms with Crippen LogP contribution in [0, 0.1) is 0 Å². The summed E-state index contributed by atoms with van der Waals surface area (Å²) in [6, 6.07) is 0. The number of halogens is 12. The molecule has 108 valence electrons. The molecule has 0 bridgehead atoms. The summed E-state index contributed by atoms with van der Waals surface area (Å²) in [5.74, 6) is -19.2. The van der Waals surface area contributed by atoms with E-state index in [0.717, 1.165) is 0 Å². The normalized spacial score (nSPS) is 50.0. The lowest BCUT2D eigenvalue weighted by Gasteiger charge is -2.51. The predicted molar refractivity (Wildman–Crippen MR) is 43.9 cm³/mol. The molecule has 0 amide bonds. The number of rotatable bonds is 0. The molecule has 18 heavy (non-hydrogen) atoms. The molecule has 1 aliphatic carbocycles. The average molecular weight is 349 g/mol. The van der Waals surface area contributed by atoms with Crippen molar-refractivity contribution in [2.24, 2.45) is 0 Å². The van der Waals surface area contributed by atoms with Crippen molar-refractivity contribution in [1.82, 2.24) is 0 Å². The molecule has 0 aromatic rings. The van der Waals surface area contributed by atoms with Crippen LogP contribution < -0.4 is 0 Å². The fraction of sp³-hybridized carbons (Fsp3) is 1.00. The monoisotopic (exact) mass is 348 g/mol. The van der Waals surface area contributed by atoms with Gasteiger partial charge >= 0.3 is 33.2 Å². The molecule has 1 aliphatic rings. The summed E-state index contributed by atoms with van der Waals surface area (Å²) >= 11 is 12.1. The molecule has 0 aliphatic heterocycles. The first-order valence-corrected chi connectivity index (χ1v) is 4.90. The smallest absolute Gasteiger partial charge is 0.214 e. The van der Waals surface area contributed by atoms with E-state index in [2.05, 4.69) is 34.8 Å².